The molecular weight excluding hydrogens is 334 g/mol. The quantitative estimate of drug-likeness (QED) is 0.794. The lowest BCUT2D eigenvalue weighted by molar-refractivity contribution is -0.139. The number of thioether (sulfide) groups is 1. The second kappa shape index (κ2) is 7.04. The molecule has 0 aliphatic carbocycles. The number of anilines is 1. The van der Waals surface area contributed by atoms with Gasteiger partial charge in [0.2, 0.25) is 16.9 Å². The third-order valence-corrected chi connectivity index (χ3v) is 6.22. The summed E-state index contributed by atoms with van der Waals surface area (Å²) in [5.41, 5.74) is 5.55. The Morgan fingerprint density at radius 1 is 1.39 bits per heavy atom. The summed E-state index contributed by atoms with van der Waals surface area (Å²) in [5.74, 6) is 0.567. The maximum atomic E-state index is 12.5. The number of nitrogen functional groups attached to an aromatic ring is 1. The number of carbonyl (C=O) groups is 2. The molecule has 23 heavy (non-hydrogen) atoms. The van der Waals surface area contributed by atoms with Gasteiger partial charge in [0, 0.05) is 25.7 Å². The number of amides is 2. The van der Waals surface area contributed by atoms with Crippen molar-refractivity contribution in [2.24, 2.45) is 5.92 Å². The normalized spacial score (nSPS) is 24.1. The van der Waals surface area contributed by atoms with Gasteiger partial charge in [-0.05, 0) is 19.3 Å². The van der Waals surface area contributed by atoms with Crippen LogP contribution in [0.2, 0.25) is 0 Å². The van der Waals surface area contributed by atoms with Crippen LogP contribution in [0.3, 0.4) is 0 Å². The van der Waals surface area contributed by atoms with Crippen molar-refractivity contribution in [1.29, 1.82) is 0 Å². The van der Waals surface area contributed by atoms with Crippen LogP contribution in [0.15, 0.2) is 4.34 Å². The molecule has 4 heterocycles. The maximum Gasteiger partial charge on any atom is 0.233 e. The SMILES string of the molecule is CCCN1C(=O)[C@H]2CC[C@@H]1CN(C(=O)CSc1nnc(N)s1)C2. The van der Waals surface area contributed by atoms with Gasteiger partial charge in [0.05, 0.1) is 11.7 Å². The Kier molecular flexibility index (Phi) is 5.05. The Hall–Kier alpha value is -1.35. The fourth-order valence-electron chi connectivity index (χ4n) is 3.27. The highest BCUT2D eigenvalue weighted by Crippen LogP contribution is 2.30. The molecule has 0 aromatic carbocycles. The molecule has 2 N–H and O–H groups in total. The number of hydrogen-bond acceptors (Lipinski definition) is 7. The van der Waals surface area contributed by atoms with Gasteiger partial charge in [-0.15, -0.1) is 10.2 Å². The topological polar surface area (TPSA) is 92.4 Å². The van der Waals surface area contributed by atoms with Gasteiger partial charge in [-0.1, -0.05) is 30.0 Å². The van der Waals surface area contributed by atoms with E-state index in [0.717, 1.165) is 25.8 Å². The number of piperidine rings is 1. The van der Waals surface area contributed by atoms with Crippen LogP contribution in [0, 0.1) is 5.92 Å². The van der Waals surface area contributed by atoms with Crippen LogP contribution < -0.4 is 5.73 Å². The Labute approximate surface area is 143 Å². The lowest BCUT2D eigenvalue weighted by atomic mass is 9.94. The van der Waals surface area contributed by atoms with Crippen molar-refractivity contribution in [2.45, 2.75) is 36.6 Å². The minimum absolute atomic E-state index is 0.0357. The molecule has 9 heteroatoms. The second-order valence-electron chi connectivity index (χ2n) is 5.95. The molecule has 0 spiro atoms. The van der Waals surface area contributed by atoms with E-state index in [1.54, 1.807) is 0 Å². The van der Waals surface area contributed by atoms with Crippen molar-refractivity contribution in [2.75, 3.05) is 31.1 Å². The fourth-order valence-corrected chi connectivity index (χ4v) is 4.81. The minimum Gasteiger partial charge on any atom is -0.374 e. The summed E-state index contributed by atoms with van der Waals surface area (Å²) in [4.78, 5) is 28.9. The smallest absolute Gasteiger partial charge is 0.233 e. The monoisotopic (exact) mass is 355 g/mol. The third kappa shape index (κ3) is 3.60. The molecule has 2 amide bonds. The molecule has 7 nitrogen and oxygen atoms in total. The van der Waals surface area contributed by atoms with Crippen LogP contribution >= 0.6 is 23.1 Å². The van der Waals surface area contributed by atoms with Crippen LogP contribution in [0.4, 0.5) is 5.13 Å². The van der Waals surface area contributed by atoms with Gasteiger partial charge in [-0.2, -0.15) is 0 Å². The molecule has 2 bridgehead atoms. The Morgan fingerprint density at radius 3 is 2.91 bits per heavy atom. The number of aromatic nitrogens is 2. The molecule has 3 aliphatic heterocycles. The molecule has 0 radical (unpaired) electrons. The predicted molar refractivity (Wildman–Crippen MR) is 90.1 cm³/mol. The van der Waals surface area contributed by atoms with Gasteiger partial charge >= 0.3 is 0 Å². The first-order valence-corrected chi connectivity index (χ1v) is 9.68. The molecular formula is C14H21N5O2S2. The highest BCUT2D eigenvalue weighted by atomic mass is 32.2. The zero-order valence-corrected chi connectivity index (χ0v) is 14.7. The summed E-state index contributed by atoms with van der Waals surface area (Å²) in [5, 5.41) is 8.07. The molecule has 3 fully saturated rings. The number of hydrogen-bond donors (Lipinski definition) is 1. The lowest BCUT2D eigenvalue weighted by Crippen LogP contribution is -2.48. The molecule has 3 aliphatic rings. The predicted octanol–water partition coefficient (Wildman–Crippen LogP) is 1.07. The number of fused-ring (bicyclic) bond motifs is 4. The van der Waals surface area contributed by atoms with Crippen molar-refractivity contribution < 1.29 is 9.59 Å². The van der Waals surface area contributed by atoms with Crippen LogP contribution in [0.1, 0.15) is 26.2 Å². The van der Waals surface area contributed by atoms with E-state index in [4.69, 9.17) is 5.73 Å². The van der Waals surface area contributed by atoms with Crippen molar-refractivity contribution in [3.63, 3.8) is 0 Å². The van der Waals surface area contributed by atoms with E-state index >= 15 is 0 Å². The zero-order valence-electron chi connectivity index (χ0n) is 13.1. The summed E-state index contributed by atoms with van der Waals surface area (Å²) in [6.07, 6.45) is 2.85. The van der Waals surface area contributed by atoms with Crippen molar-refractivity contribution in [3.05, 3.63) is 0 Å². The zero-order chi connectivity index (χ0) is 16.4. The van der Waals surface area contributed by atoms with Gasteiger partial charge in [-0.3, -0.25) is 9.59 Å². The largest absolute Gasteiger partial charge is 0.374 e. The lowest BCUT2D eigenvalue weighted by Gasteiger charge is -2.35. The van der Waals surface area contributed by atoms with E-state index in [1.165, 1.54) is 23.1 Å². The molecule has 1 aromatic heterocycles. The molecule has 0 unspecified atom stereocenters. The Bertz CT molecular complexity index is 593. The van der Waals surface area contributed by atoms with E-state index in [0.29, 0.717) is 28.3 Å². The van der Waals surface area contributed by atoms with E-state index in [9.17, 15) is 9.59 Å². The van der Waals surface area contributed by atoms with Gasteiger partial charge in [-0.25, -0.2) is 0 Å². The molecule has 2 atom stereocenters. The third-order valence-electron chi connectivity index (χ3n) is 4.35. The molecule has 3 saturated heterocycles. The van der Waals surface area contributed by atoms with Crippen molar-refractivity contribution in [1.82, 2.24) is 20.0 Å². The first-order valence-electron chi connectivity index (χ1n) is 7.88. The fraction of sp³-hybridized carbons (Fsp3) is 0.714. The number of nitrogens with zero attached hydrogens (tertiary/aromatic N) is 4. The van der Waals surface area contributed by atoms with Crippen LogP contribution in [0.5, 0.6) is 0 Å². The highest BCUT2D eigenvalue weighted by Gasteiger charge is 2.41. The van der Waals surface area contributed by atoms with Gasteiger partial charge < -0.3 is 15.5 Å². The Balaban J connectivity index is 1.62. The van der Waals surface area contributed by atoms with Gasteiger partial charge in [0.25, 0.3) is 0 Å². The Morgan fingerprint density at radius 2 is 2.22 bits per heavy atom. The average Bonchev–Trinajstić information content (AvgIpc) is 2.77. The minimum atomic E-state index is -0.0357. The first-order chi connectivity index (χ1) is 11.1. The van der Waals surface area contributed by atoms with Crippen molar-refractivity contribution >= 4 is 40.0 Å². The summed E-state index contributed by atoms with van der Waals surface area (Å²) in [6, 6.07) is 0.173. The molecule has 1 aromatic rings. The van der Waals surface area contributed by atoms with Crippen LogP contribution in [0.25, 0.3) is 0 Å². The van der Waals surface area contributed by atoms with Crippen molar-refractivity contribution in [3.8, 4) is 0 Å². The molecule has 126 valence electrons. The van der Waals surface area contributed by atoms with Crippen LogP contribution in [-0.2, 0) is 9.59 Å². The van der Waals surface area contributed by atoms with Gasteiger partial charge in [0.15, 0.2) is 4.34 Å². The maximum absolute atomic E-state index is 12.5. The summed E-state index contributed by atoms with van der Waals surface area (Å²) < 4.78 is 0.706. The van der Waals surface area contributed by atoms with E-state index in [-0.39, 0.29) is 23.8 Å². The number of nitrogens with two attached hydrogens (primary N) is 1. The van der Waals surface area contributed by atoms with E-state index in [2.05, 4.69) is 17.1 Å². The number of rotatable bonds is 5. The van der Waals surface area contributed by atoms with E-state index < -0.39 is 0 Å². The average molecular weight is 355 g/mol. The summed E-state index contributed by atoms with van der Waals surface area (Å²) in [6.45, 7) is 4.08. The molecule has 4 rings (SSSR count). The second-order valence-corrected chi connectivity index (χ2v) is 8.18. The first kappa shape index (κ1) is 16.5. The van der Waals surface area contributed by atoms with E-state index in [1.807, 2.05) is 9.80 Å². The standard InChI is InChI=1S/C14H21N5O2S2/c1-2-5-19-10-4-3-9(12(19)21)6-18(7-10)11(20)8-22-14-17-16-13(15)23-14/h9-10H,2-8H2,1H3,(H2,15,16)/t9-,10+/m0/s1. The highest BCUT2D eigenvalue weighted by molar-refractivity contribution is 8.01. The van der Waals surface area contributed by atoms with Crippen LogP contribution in [-0.4, -0.2) is 63.2 Å². The molecule has 0 saturated carbocycles. The van der Waals surface area contributed by atoms with Gasteiger partial charge in [0.1, 0.15) is 0 Å². The summed E-state index contributed by atoms with van der Waals surface area (Å²) in [7, 11) is 0. The number of carbonyl (C=O) groups excluding carboxylic acids is 2. The summed E-state index contributed by atoms with van der Waals surface area (Å²) >= 11 is 2.65.